The number of carboxylic acid groups (broad SMARTS) is 1. The van der Waals surface area contributed by atoms with E-state index in [-0.39, 0.29) is 17.6 Å². The molecule has 7 nitrogen and oxygen atoms in total. The van der Waals surface area contributed by atoms with Crippen molar-refractivity contribution in [1.82, 2.24) is 19.8 Å². The van der Waals surface area contributed by atoms with Crippen molar-refractivity contribution in [2.45, 2.75) is 39.3 Å². The van der Waals surface area contributed by atoms with Gasteiger partial charge in [0.05, 0.1) is 23.3 Å². The van der Waals surface area contributed by atoms with Gasteiger partial charge in [0, 0.05) is 43.5 Å². The number of thiocarbonyl (C=S) groups is 1. The van der Waals surface area contributed by atoms with Gasteiger partial charge in [-0.3, -0.25) is 4.98 Å². The highest BCUT2D eigenvalue weighted by molar-refractivity contribution is 7.80. The molecule has 3 aromatic rings. The molecule has 34 heavy (non-hydrogen) atoms. The Balaban J connectivity index is 1.83. The van der Waals surface area contributed by atoms with Crippen molar-refractivity contribution in [3.05, 3.63) is 82.4 Å². The molecule has 1 aliphatic heterocycles. The Morgan fingerprint density at radius 1 is 1.21 bits per heavy atom. The van der Waals surface area contributed by atoms with Crippen molar-refractivity contribution in [3.8, 4) is 5.69 Å². The molecule has 8 heteroatoms. The number of carboxylic acids is 1. The third kappa shape index (κ3) is 4.43. The quantitative estimate of drug-likeness (QED) is 0.364. The van der Waals surface area contributed by atoms with Crippen LogP contribution in [-0.2, 0) is 4.74 Å². The lowest BCUT2D eigenvalue weighted by atomic mass is 9.96. The van der Waals surface area contributed by atoms with Gasteiger partial charge in [0.15, 0.2) is 5.11 Å². The maximum Gasteiger partial charge on any atom is 0.335 e. The summed E-state index contributed by atoms with van der Waals surface area (Å²) >= 11 is 5.76. The number of aryl methyl sites for hydroxylation is 2. The van der Waals surface area contributed by atoms with Crippen molar-refractivity contribution in [1.29, 1.82) is 0 Å². The molecule has 0 radical (unpaired) electrons. The third-order valence-electron chi connectivity index (χ3n) is 6.43. The third-order valence-corrected chi connectivity index (χ3v) is 6.78. The lowest BCUT2D eigenvalue weighted by molar-refractivity contribution is 0.0697. The van der Waals surface area contributed by atoms with Gasteiger partial charge in [0.1, 0.15) is 0 Å². The minimum Gasteiger partial charge on any atom is -0.478 e. The number of aromatic nitrogens is 2. The van der Waals surface area contributed by atoms with E-state index >= 15 is 0 Å². The molecular formula is C26H30N4O3S. The number of pyridine rings is 1. The van der Waals surface area contributed by atoms with Crippen LogP contribution < -0.4 is 5.32 Å². The van der Waals surface area contributed by atoms with E-state index in [0.717, 1.165) is 46.9 Å². The Labute approximate surface area is 205 Å². The second-order valence-electron chi connectivity index (χ2n) is 8.63. The molecule has 0 amide bonds. The molecule has 0 unspecified atom stereocenters. The monoisotopic (exact) mass is 478 g/mol. The molecule has 0 saturated carbocycles. The van der Waals surface area contributed by atoms with Gasteiger partial charge in [0.25, 0.3) is 0 Å². The number of methoxy groups -OCH3 is 1. The van der Waals surface area contributed by atoms with Crippen LogP contribution in [0.15, 0.2) is 48.7 Å². The van der Waals surface area contributed by atoms with Crippen molar-refractivity contribution in [2.24, 2.45) is 0 Å². The largest absolute Gasteiger partial charge is 0.478 e. The molecule has 0 spiro atoms. The minimum absolute atomic E-state index is 0.0535. The highest BCUT2D eigenvalue weighted by atomic mass is 32.1. The Morgan fingerprint density at radius 2 is 2.00 bits per heavy atom. The molecule has 2 atom stereocenters. The second-order valence-corrected chi connectivity index (χ2v) is 9.02. The van der Waals surface area contributed by atoms with Crippen LogP contribution in [0.1, 0.15) is 57.1 Å². The maximum absolute atomic E-state index is 11.6. The summed E-state index contributed by atoms with van der Waals surface area (Å²) in [4.78, 5) is 18.5. The van der Waals surface area contributed by atoms with Gasteiger partial charge in [-0.05, 0) is 80.9 Å². The molecule has 178 valence electrons. The summed E-state index contributed by atoms with van der Waals surface area (Å²) in [5, 5.41) is 13.7. The number of nitrogens with zero attached hydrogens (tertiary/aromatic N) is 3. The van der Waals surface area contributed by atoms with Crippen molar-refractivity contribution >= 4 is 23.3 Å². The zero-order valence-electron chi connectivity index (χ0n) is 19.9. The lowest BCUT2D eigenvalue weighted by Gasteiger charge is -2.28. The van der Waals surface area contributed by atoms with E-state index in [9.17, 15) is 9.90 Å². The van der Waals surface area contributed by atoms with E-state index in [2.05, 4.69) is 39.7 Å². The number of nitrogens with one attached hydrogen (secondary N) is 1. The topological polar surface area (TPSA) is 79.6 Å². The summed E-state index contributed by atoms with van der Waals surface area (Å²) in [7, 11) is 1.70. The Hall–Kier alpha value is -3.23. The fraction of sp³-hybridized carbons (Fsp3) is 0.346. The zero-order valence-corrected chi connectivity index (χ0v) is 20.7. The van der Waals surface area contributed by atoms with Crippen LogP contribution in [0.25, 0.3) is 5.69 Å². The first-order valence-electron chi connectivity index (χ1n) is 11.3. The minimum atomic E-state index is -0.936. The van der Waals surface area contributed by atoms with E-state index in [4.69, 9.17) is 17.0 Å². The molecule has 1 aromatic carbocycles. The Bertz CT molecular complexity index is 1210. The van der Waals surface area contributed by atoms with Gasteiger partial charge in [-0.15, -0.1) is 0 Å². The van der Waals surface area contributed by atoms with Crippen LogP contribution >= 0.6 is 12.2 Å². The van der Waals surface area contributed by atoms with E-state index in [1.54, 1.807) is 25.4 Å². The maximum atomic E-state index is 11.6. The molecule has 1 aliphatic rings. The highest BCUT2D eigenvalue weighted by Gasteiger charge is 2.41. The number of carbonyl (C=O) groups is 1. The van der Waals surface area contributed by atoms with Gasteiger partial charge in [-0.25, -0.2) is 4.79 Å². The van der Waals surface area contributed by atoms with E-state index in [1.807, 2.05) is 31.2 Å². The highest BCUT2D eigenvalue weighted by Crippen LogP contribution is 2.41. The first-order chi connectivity index (χ1) is 16.3. The average Bonchev–Trinajstić information content (AvgIpc) is 3.30. The van der Waals surface area contributed by atoms with Crippen molar-refractivity contribution in [3.63, 3.8) is 0 Å². The molecule has 2 aromatic heterocycles. The van der Waals surface area contributed by atoms with Crippen LogP contribution in [0.5, 0.6) is 0 Å². The van der Waals surface area contributed by atoms with E-state index < -0.39 is 5.97 Å². The standard InChI is InChI=1S/C26H30N4O3S/c1-16-9-10-19(25(31)32)15-22(16)30-17(2)14-20(18(30)3)24-23(21-8-5-6-11-27-21)28-26(34)29(24)12-7-13-33-4/h5-6,8-11,14-15,23-24H,7,12-13H2,1-4H3,(H,28,34)(H,31,32)/t23-,24+/m1/s1. The number of hydrogen-bond acceptors (Lipinski definition) is 4. The van der Waals surface area contributed by atoms with Gasteiger partial charge in [0.2, 0.25) is 0 Å². The summed E-state index contributed by atoms with van der Waals surface area (Å²) in [5.74, 6) is -0.936. The van der Waals surface area contributed by atoms with Gasteiger partial charge < -0.3 is 24.6 Å². The van der Waals surface area contributed by atoms with Crippen LogP contribution in [0.2, 0.25) is 0 Å². The van der Waals surface area contributed by atoms with E-state index in [0.29, 0.717) is 11.7 Å². The molecule has 1 fully saturated rings. The normalized spacial score (nSPS) is 17.8. The fourth-order valence-electron chi connectivity index (χ4n) is 4.81. The second kappa shape index (κ2) is 9.95. The molecule has 2 N–H and O–H groups in total. The van der Waals surface area contributed by atoms with Gasteiger partial charge in [-0.2, -0.15) is 0 Å². The number of aromatic carboxylic acids is 1. The smallest absolute Gasteiger partial charge is 0.335 e. The molecule has 4 rings (SSSR count). The van der Waals surface area contributed by atoms with Crippen molar-refractivity contribution in [2.75, 3.05) is 20.3 Å². The first-order valence-corrected chi connectivity index (χ1v) is 11.7. The SMILES string of the molecule is COCCCN1C(=S)N[C@H](c2ccccn2)[C@@H]1c1cc(C)n(-c2cc(C(=O)O)ccc2C)c1C. The van der Waals surface area contributed by atoms with Crippen LogP contribution in [0.3, 0.4) is 0 Å². The van der Waals surface area contributed by atoms with Gasteiger partial charge >= 0.3 is 5.97 Å². The number of benzene rings is 1. The molecule has 3 heterocycles. The Morgan fingerprint density at radius 3 is 2.68 bits per heavy atom. The Kier molecular flexibility index (Phi) is 7.00. The number of rotatable bonds is 8. The first kappa shape index (κ1) is 23.9. The van der Waals surface area contributed by atoms with Crippen molar-refractivity contribution < 1.29 is 14.6 Å². The van der Waals surface area contributed by atoms with Gasteiger partial charge in [-0.1, -0.05) is 12.1 Å². The zero-order chi connectivity index (χ0) is 24.4. The average molecular weight is 479 g/mol. The summed E-state index contributed by atoms with van der Waals surface area (Å²) in [6, 6.07) is 13.2. The van der Waals surface area contributed by atoms with Crippen LogP contribution in [0.4, 0.5) is 0 Å². The predicted molar refractivity (Wildman–Crippen MR) is 136 cm³/mol. The summed E-state index contributed by atoms with van der Waals surface area (Å²) in [6.07, 6.45) is 2.65. The summed E-state index contributed by atoms with van der Waals surface area (Å²) in [6.45, 7) is 7.54. The molecule has 1 saturated heterocycles. The molecule has 0 bridgehead atoms. The van der Waals surface area contributed by atoms with Crippen LogP contribution in [-0.4, -0.2) is 50.9 Å². The lowest BCUT2D eigenvalue weighted by Crippen LogP contribution is -2.31. The fourth-order valence-corrected chi connectivity index (χ4v) is 5.14. The number of hydrogen-bond donors (Lipinski definition) is 2. The molecule has 0 aliphatic carbocycles. The molecular weight excluding hydrogens is 448 g/mol. The number of ether oxygens (including phenoxy) is 1. The summed E-state index contributed by atoms with van der Waals surface area (Å²) in [5.41, 5.74) is 6.30. The summed E-state index contributed by atoms with van der Waals surface area (Å²) < 4.78 is 7.42. The van der Waals surface area contributed by atoms with E-state index in [1.165, 1.54) is 0 Å². The van der Waals surface area contributed by atoms with Crippen LogP contribution in [0, 0.1) is 20.8 Å². The predicted octanol–water partition coefficient (Wildman–Crippen LogP) is 4.50.